The van der Waals surface area contributed by atoms with E-state index in [2.05, 4.69) is 20.9 Å². The molecule has 3 N–H and O–H groups in total. The second-order valence-corrected chi connectivity index (χ2v) is 7.19. The summed E-state index contributed by atoms with van der Waals surface area (Å²) < 4.78 is 0. The molecule has 2 heterocycles. The SMILES string of the molecule is CCNC(=O)C1Cc2cccnc2N1C(=O)C(NC(=O)[C@H](C)NC)[C@@H](C)CC. The van der Waals surface area contributed by atoms with Crippen molar-refractivity contribution in [2.75, 3.05) is 18.5 Å². The fraction of sp³-hybridized carbons (Fsp3) is 0.600. The molecule has 0 saturated carbocycles. The lowest BCUT2D eigenvalue weighted by Gasteiger charge is -2.31. The molecule has 0 aromatic carbocycles. The van der Waals surface area contributed by atoms with Gasteiger partial charge in [-0.2, -0.15) is 0 Å². The maximum absolute atomic E-state index is 13.5. The Morgan fingerprint density at radius 3 is 2.61 bits per heavy atom. The van der Waals surface area contributed by atoms with E-state index in [1.165, 1.54) is 4.90 Å². The van der Waals surface area contributed by atoms with Crippen molar-refractivity contribution >= 4 is 23.5 Å². The zero-order valence-corrected chi connectivity index (χ0v) is 17.3. The molecule has 1 aromatic rings. The first-order chi connectivity index (χ1) is 13.3. The van der Waals surface area contributed by atoms with Crippen molar-refractivity contribution in [1.29, 1.82) is 0 Å². The number of pyridine rings is 1. The summed E-state index contributed by atoms with van der Waals surface area (Å²) in [6.07, 6.45) is 2.73. The topological polar surface area (TPSA) is 103 Å². The van der Waals surface area contributed by atoms with Gasteiger partial charge in [-0.15, -0.1) is 0 Å². The fourth-order valence-electron chi connectivity index (χ4n) is 3.26. The largest absolute Gasteiger partial charge is 0.355 e. The molecule has 1 aliphatic rings. The Bertz CT molecular complexity index is 724. The first-order valence-electron chi connectivity index (χ1n) is 9.87. The van der Waals surface area contributed by atoms with Crippen molar-refractivity contribution in [3.05, 3.63) is 23.9 Å². The van der Waals surface area contributed by atoms with Crippen LogP contribution in [0.1, 0.15) is 39.7 Å². The van der Waals surface area contributed by atoms with Crippen LogP contribution in [-0.4, -0.2) is 54.4 Å². The second-order valence-electron chi connectivity index (χ2n) is 7.19. The van der Waals surface area contributed by atoms with Crippen molar-refractivity contribution < 1.29 is 14.4 Å². The highest BCUT2D eigenvalue weighted by Crippen LogP contribution is 2.31. The normalized spacial score (nSPS) is 18.8. The van der Waals surface area contributed by atoms with Crippen molar-refractivity contribution in [3.63, 3.8) is 0 Å². The average molecular weight is 390 g/mol. The van der Waals surface area contributed by atoms with Crippen LogP contribution in [0.2, 0.25) is 0 Å². The predicted octanol–water partition coefficient (Wildman–Crippen LogP) is 0.614. The smallest absolute Gasteiger partial charge is 0.251 e. The first kappa shape index (κ1) is 21.8. The number of nitrogens with one attached hydrogen (secondary N) is 3. The minimum Gasteiger partial charge on any atom is -0.355 e. The number of anilines is 1. The summed E-state index contributed by atoms with van der Waals surface area (Å²) in [6.45, 7) is 7.94. The quantitative estimate of drug-likeness (QED) is 0.605. The maximum Gasteiger partial charge on any atom is 0.251 e. The number of hydrogen-bond acceptors (Lipinski definition) is 5. The van der Waals surface area contributed by atoms with Crippen molar-refractivity contribution in [1.82, 2.24) is 20.9 Å². The lowest BCUT2D eigenvalue weighted by molar-refractivity contribution is -0.131. The van der Waals surface area contributed by atoms with Gasteiger partial charge in [0.2, 0.25) is 11.8 Å². The fourth-order valence-corrected chi connectivity index (χ4v) is 3.26. The van der Waals surface area contributed by atoms with Crippen LogP contribution in [0, 0.1) is 5.92 Å². The van der Waals surface area contributed by atoms with E-state index >= 15 is 0 Å². The summed E-state index contributed by atoms with van der Waals surface area (Å²) in [7, 11) is 1.69. The molecule has 8 heteroatoms. The molecule has 1 aliphatic heterocycles. The van der Waals surface area contributed by atoms with Crippen LogP contribution < -0.4 is 20.9 Å². The Hall–Kier alpha value is -2.48. The molecule has 2 unspecified atom stereocenters. The van der Waals surface area contributed by atoms with Crippen LogP contribution in [0.3, 0.4) is 0 Å². The molecule has 8 nitrogen and oxygen atoms in total. The standard InChI is InChI=1S/C20H31N5O3/c1-6-12(3)16(24-18(26)13(4)21-5)20(28)25-15(19(27)22-7-2)11-14-9-8-10-23-17(14)25/h8-10,12-13,15-16,21H,6-7,11H2,1-5H3,(H,22,27)(H,24,26)/t12-,13-,15?,16?/m0/s1. The highest BCUT2D eigenvalue weighted by molar-refractivity contribution is 6.06. The molecule has 3 amide bonds. The molecule has 28 heavy (non-hydrogen) atoms. The summed E-state index contributed by atoms with van der Waals surface area (Å²) >= 11 is 0. The summed E-state index contributed by atoms with van der Waals surface area (Å²) in [4.78, 5) is 44.4. The van der Waals surface area contributed by atoms with Gasteiger partial charge in [0.25, 0.3) is 5.91 Å². The van der Waals surface area contributed by atoms with Gasteiger partial charge in [-0.25, -0.2) is 4.98 Å². The minimum absolute atomic E-state index is 0.0943. The summed E-state index contributed by atoms with van der Waals surface area (Å²) in [5.41, 5.74) is 0.852. The van der Waals surface area contributed by atoms with Crippen LogP contribution >= 0.6 is 0 Å². The van der Waals surface area contributed by atoms with E-state index in [1.54, 1.807) is 26.2 Å². The first-order valence-corrected chi connectivity index (χ1v) is 9.87. The van der Waals surface area contributed by atoms with Gasteiger partial charge in [0.15, 0.2) is 0 Å². The Kier molecular flexibility index (Phi) is 7.51. The van der Waals surface area contributed by atoms with Crippen molar-refractivity contribution in [3.8, 4) is 0 Å². The number of fused-ring (bicyclic) bond motifs is 1. The third-order valence-corrected chi connectivity index (χ3v) is 5.31. The van der Waals surface area contributed by atoms with E-state index in [1.807, 2.05) is 26.8 Å². The van der Waals surface area contributed by atoms with Crippen molar-refractivity contribution in [2.24, 2.45) is 5.92 Å². The third kappa shape index (κ3) is 4.49. The van der Waals surface area contributed by atoms with Gasteiger partial charge >= 0.3 is 0 Å². The third-order valence-electron chi connectivity index (χ3n) is 5.31. The van der Waals surface area contributed by atoms with E-state index in [4.69, 9.17) is 0 Å². The number of nitrogens with zero attached hydrogens (tertiary/aromatic N) is 2. The summed E-state index contributed by atoms with van der Waals surface area (Å²) in [5, 5.41) is 8.55. The predicted molar refractivity (Wildman–Crippen MR) is 108 cm³/mol. The van der Waals surface area contributed by atoms with Gasteiger partial charge in [-0.1, -0.05) is 26.3 Å². The minimum atomic E-state index is -0.738. The molecular weight excluding hydrogens is 358 g/mol. The summed E-state index contributed by atoms with van der Waals surface area (Å²) in [5.74, 6) is -0.376. The molecule has 0 radical (unpaired) electrons. The highest BCUT2D eigenvalue weighted by Gasteiger charge is 2.43. The molecule has 0 spiro atoms. The molecule has 1 aromatic heterocycles. The molecule has 0 aliphatic carbocycles. The van der Waals surface area contributed by atoms with Gasteiger partial charge < -0.3 is 16.0 Å². The highest BCUT2D eigenvalue weighted by atomic mass is 16.2. The molecule has 4 atom stereocenters. The van der Waals surface area contributed by atoms with Gasteiger partial charge in [0.05, 0.1) is 6.04 Å². The zero-order valence-electron chi connectivity index (χ0n) is 17.3. The maximum atomic E-state index is 13.5. The number of hydrogen-bond donors (Lipinski definition) is 3. The Morgan fingerprint density at radius 2 is 2.00 bits per heavy atom. The number of carbonyl (C=O) groups is 3. The number of amides is 3. The monoisotopic (exact) mass is 389 g/mol. The van der Waals surface area contributed by atoms with Crippen LogP contribution in [0.4, 0.5) is 5.82 Å². The van der Waals surface area contributed by atoms with Crippen LogP contribution in [-0.2, 0) is 20.8 Å². The molecule has 2 rings (SSSR count). The van der Waals surface area contributed by atoms with Crippen LogP contribution in [0.15, 0.2) is 18.3 Å². The number of likely N-dealkylation sites (N-methyl/N-ethyl adjacent to an activating group) is 2. The van der Waals surface area contributed by atoms with Crippen LogP contribution in [0.5, 0.6) is 0 Å². The Labute approximate surface area is 166 Å². The van der Waals surface area contributed by atoms with Crippen molar-refractivity contribution in [2.45, 2.75) is 58.7 Å². The molecule has 154 valence electrons. The average Bonchev–Trinajstić information content (AvgIpc) is 3.10. The van der Waals surface area contributed by atoms with E-state index < -0.39 is 18.1 Å². The van der Waals surface area contributed by atoms with Gasteiger partial charge in [0.1, 0.15) is 17.9 Å². The Balaban J connectivity index is 2.38. The Morgan fingerprint density at radius 1 is 1.29 bits per heavy atom. The number of rotatable bonds is 8. The van der Waals surface area contributed by atoms with Gasteiger partial charge in [0, 0.05) is 19.2 Å². The molecule has 0 saturated heterocycles. The van der Waals surface area contributed by atoms with E-state index in [0.717, 1.165) is 5.56 Å². The lowest BCUT2D eigenvalue weighted by atomic mass is 9.97. The van der Waals surface area contributed by atoms with E-state index in [9.17, 15) is 14.4 Å². The van der Waals surface area contributed by atoms with E-state index in [-0.39, 0.29) is 23.6 Å². The second kappa shape index (κ2) is 9.64. The lowest BCUT2D eigenvalue weighted by Crippen LogP contribution is -2.58. The molecular formula is C20H31N5O3. The molecule has 0 bridgehead atoms. The van der Waals surface area contributed by atoms with Gasteiger partial charge in [-0.05, 0) is 38.4 Å². The summed E-state index contributed by atoms with van der Waals surface area (Å²) in [6, 6.07) is 1.84. The van der Waals surface area contributed by atoms with Crippen LogP contribution in [0.25, 0.3) is 0 Å². The number of aromatic nitrogens is 1. The van der Waals surface area contributed by atoms with Gasteiger partial charge in [-0.3, -0.25) is 19.3 Å². The number of carbonyl (C=O) groups excluding carboxylic acids is 3. The van der Waals surface area contributed by atoms with E-state index in [0.29, 0.717) is 25.2 Å². The zero-order chi connectivity index (χ0) is 20.8. The molecule has 0 fully saturated rings.